The highest BCUT2D eigenvalue weighted by atomic mass is 35.7. The van der Waals surface area contributed by atoms with Crippen molar-refractivity contribution in [3.05, 3.63) is 40.7 Å². The number of rotatable bonds is 1. The highest BCUT2D eigenvalue weighted by Crippen LogP contribution is 2.19. The van der Waals surface area contributed by atoms with Crippen LogP contribution in [0.4, 0.5) is 0 Å². The molecule has 0 fully saturated rings. The van der Waals surface area contributed by atoms with Crippen LogP contribution < -0.4 is 5.56 Å². The molecule has 1 heterocycles. The highest BCUT2D eigenvalue weighted by Gasteiger charge is 2.09. The number of aromatic nitrogens is 1. The van der Waals surface area contributed by atoms with Gasteiger partial charge in [-0.1, -0.05) is 0 Å². The van der Waals surface area contributed by atoms with E-state index in [1.807, 2.05) is 0 Å². The van der Waals surface area contributed by atoms with E-state index in [0.29, 0.717) is 10.9 Å². The number of halogens is 1. The Labute approximate surface area is 89.9 Å². The van der Waals surface area contributed by atoms with Gasteiger partial charge < -0.3 is 4.98 Å². The lowest BCUT2D eigenvalue weighted by atomic mass is 10.2. The standard InChI is InChI=1S/C9H6ClNO3S/c10-15(13,14)7-2-3-8-6(5-7)1-4-9(12)11-8/h1-5H,(H,11,12). The zero-order chi connectivity index (χ0) is 11.1. The number of hydrogen-bond acceptors (Lipinski definition) is 3. The van der Waals surface area contributed by atoms with Gasteiger partial charge in [0.2, 0.25) is 5.56 Å². The van der Waals surface area contributed by atoms with Gasteiger partial charge in [-0.25, -0.2) is 8.42 Å². The molecule has 15 heavy (non-hydrogen) atoms. The molecule has 0 unspecified atom stereocenters. The van der Waals surface area contributed by atoms with Gasteiger partial charge in [0.1, 0.15) is 0 Å². The normalized spacial score (nSPS) is 11.8. The second-order valence-electron chi connectivity index (χ2n) is 3.01. The fraction of sp³-hybridized carbons (Fsp3) is 0. The summed E-state index contributed by atoms with van der Waals surface area (Å²) < 4.78 is 22.1. The zero-order valence-electron chi connectivity index (χ0n) is 7.40. The topological polar surface area (TPSA) is 67.0 Å². The minimum atomic E-state index is -3.72. The molecule has 6 heteroatoms. The van der Waals surface area contributed by atoms with E-state index in [4.69, 9.17) is 10.7 Å². The van der Waals surface area contributed by atoms with E-state index in [-0.39, 0.29) is 10.5 Å². The molecule has 0 saturated carbocycles. The van der Waals surface area contributed by atoms with Gasteiger partial charge >= 0.3 is 0 Å². The highest BCUT2D eigenvalue weighted by molar-refractivity contribution is 8.13. The van der Waals surface area contributed by atoms with E-state index in [9.17, 15) is 13.2 Å². The minimum Gasteiger partial charge on any atom is -0.322 e. The molecule has 1 aromatic carbocycles. The van der Waals surface area contributed by atoms with Crippen molar-refractivity contribution in [2.24, 2.45) is 0 Å². The van der Waals surface area contributed by atoms with Gasteiger partial charge in [0.25, 0.3) is 9.05 Å². The lowest BCUT2D eigenvalue weighted by Gasteiger charge is -1.99. The van der Waals surface area contributed by atoms with Crippen LogP contribution >= 0.6 is 10.7 Å². The smallest absolute Gasteiger partial charge is 0.261 e. The third-order valence-electron chi connectivity index (χ3n) is 1.98. The van der Waals surface area contributed by atoms with Gasteiger partial charge in [-0.15, -0.1) is 0 Å². The van der Waals surface area contributed by atoms with Gasteiger partial charge in [-0.05, 0) is 29.7 Å². The van der Waals surface area contributed by atoms with Crippen LogP contribution in [0.25, 0.3) is 10.9 Å². The van der Waals surface area contributed by atoms with Crippen LogP contribution in [0.1, 0.15) is 0 Å². The summed E-state index contributed by atoms with van der Waals surface area (Å²) >= 11 is 0. The first kappa shape index (κ1) is 10.2. The van der Waals surface area contributed by atoms with Crippen LogP contribution in [0.15, 0.2) is 40.0 Å². The van der Waals surface area contributed by atoms with Crippen molar-refractivity contribution in [2.45, 2.75) is 4.90 Å². The summed E-state index contributed by atoms with van der Waals surface area (Å²) in [5, 5.41) is 0.622. The van der Waals surface area contributed by atoms with Gasteiger partial charge in [0.15, 0.2) is 0 Å². The lowest BCUT2D eigenvalue weighted by Crippen LogP contribution is -2.02. The van der Waals surface area contributed by atoms with Crippen molar-refractivity contribution in [1.29, 1.82) is 0 Å². The van der Waals surface area contributed by atoms with E-state index in [0.717, 1.165) is 0 Å². The van der Waals surface area contributed by atoms with E-state index in [2.05, 4.69) is 4.98 Å². The molecule has 0 aliphatic rings. The average Bonchev–Trinajstić information content (AvgIpc) is 2.15. The Bertz CT molecular complexity index is 675. The molecule has 0 bridgehead atoms. The Morgan fingerprint density at radius 2 is 1.87 bits per heavy atom. The maximum absolute atomic E-state index is 11.0. The van der Waals surface area contributed by atoms with Crippen LogP contribution in [0, 0.1) is 0 Å². The van der Waals surface area contributed by atoms with Gasteiger partial charge in [-0.3, -0.25) is 4.79 Å². The number of pyridine rings is 1. The first-order chi connectivity index (χ1) is 6.97. The average molecular weight is 244 g/mol. The minimum absolute atomic E-state index is 0.0173. The molecule has 1 aromatic heterocycles. The Hall–Kier alpha value is -1.33. The summed E-state index contributed by atoms with van der Waals surface area (Å²) in [6.07, 6.45) is 0. The van der Waals surface area contributed by atoms with Crippen LogP contribution in [-0.2, 0) is 9.05 Å². The van der Waals surface area contributed by atoms with Crippen LogP contribution in [0.5, 0.6) is 0 Å². The SMILES string of the molecule is O=c1ccc2cc(S(=O)(=O)Cl)ccc2[nH]1. The zero-order valence-corrected chi connectivity index (χ0v) is 8.97. The van der Waals surface area contributed by atoms with Crippen molar-refractivity contribution in [3.63, 3.8) is 0 Å². The number of H-pyrrole nitrogens is 1. The van der Waals surface area contributed by atoms with E-state index in [1.165, 1.54) is 24.3 Å². The van der Waals surface area contributed by atoms with Gasteiger partial charge in [0, 0.05) is 22.3 Å². The van der Waals surface area contributed by atoms with Crippen LogP contribution in [0.2, 0.25) is 0 Å². The molecule has 0 amide bonds. The maximum atomic E-state index is 11.0. The molecule has 0 saturated heterocycles. The fourth-order valence-electron chi connectivity index (χ4n) is 1.28. The third-order valence-corrected chi connectivity index (χ3v) is 3.33. The molecule has 0 aliphatic carbocycles. The molecular weight excluding hydrogens is 238 g/mol. The Kier molecular flexibility index (Phi) is 2.28. The van der Waals surface area contributed by atoms with E-state index in [1.54, 1.807) is 6.07 Å². The summed E-state index contributed by atoms with van der Waals surface area (Å²) in [7, 11) is 1.47. The number of hydrogen-bond donors (Lipinski definition) is 1. The summed E-state index contributed by atoms with van der Waals surface area (Å²) in [5.41, 5.74) is 0.343. The molecule has 1 N–H and O–H groups in total. The van der Waals surface area contributed by atoms with Crippen molar-refractivity contribution in [2.75, 3.05) is 0 Å². The summed E-state index contributed by atoms with van der Waals surface area (Å²) in [4.78, 5) is 13.6. The monoisotopic (exact) mass is 243 g/mol. The predicted octanol–water partition coefficient (Wildman–Crippen LogP) is 1.46. The Morgan fingerprint density at radius 1 is 1.13 bits per heavy atom. The van der Waals surface area contributed by atoms with Crippen molar-refractivity contribution in [1.82, 2.24) is 4.98 Å². The molecule has 2 rings (SSSR count). The molecule has 0 aliphatic heterocycles. The summed E-state index contributed by atoms with van der Waals surface area (Å²) in [6.45, 7) is 0. The second-order valence-corrected chi connectivity index (χ2v) is 5.58. The maximum Gasteiger partial charge on any atom is 0.261 e. The van der Waals surface area contributed by atoms with Crippen molar-refractivity contribution in [3.8, 4) is 0 Å². The molecule has 78 valence electrons. The number of aromatic amines is 1. The van der Waals surface area contributed by atoms with Crippen LogP contribution in [-0.4, -0.2) is 13.4 Å². The summed E-state index contributed by atoms with van der Waals surface area (Å²) in [6, 6.07) is 7.13. The molecular formula is C9H6ClNO3S. The molecule has 0 atom stereocenters. The molecule has 2 aromatic rings. The first-order valence-corrected chi connectivity index (χ1v) is 6.35. The van der Waals surface area contributed by atoms with Gasteiger partial charge in [0.05, 0.1) is 4.90 Å². The van der Waals surface area contributed by atoms with E-state index < -0.39 is 9.05 Å². The fourth-order valence-corrected chi connectivity index (χ4v) is 2.07. The van der Waals surface area contributed by atoms with Crippen molar-refractivity contribution < 1.29 is 8.42 Å². The van der Waals surface area contributed by atoms with Crippen molar-refractivity contribution >= 4 is 30.6 Å². The van der Waals surface area contributed by atoms with Gasteiger partial charge in [-0.2, -0.15) is 0 Å². The Balaban J connectivity index is 2.78. The number of nitrogens with one attached hydrogen (secondary N) is 1. The first-order valence-electron chi connectivity index (χ1n) is 4.04. The second kappa shape index (κ2) is 3.36. The van der Waals surface area contributed by atoms with Crippen LogP contribution in [0.3, 0.4) is 0 Å². The lowest BCUT2D eigenvalue weighted by molar-refractivity contribution is 0.609. The summed E-state index contributed by atoms with van der Waals surface area (Å²) in [5.74, 6) is 0. The molecule has 0 radical (unpaired) electrons. The predicted molar refractivity (Wildman–Crippen MR) is 57.6 cm³/mol. The molecule has 0 spiro atoms. The quantitative estimate of drug-likeness (QED) is 0.771. The number of benzene rings is 1. The third kappa shape index (κ3) is 2.03. The van der Waals surface area contributed by atoms with E-state index >= 15 is 0 Å². The number of fused-ring (bicyclic) bond motifs is 1. The Morgan fingerprint density at radius 3 is 2.53 bits per heavy atom. The molecule has 4 nitrogen and oxygen atoms in total. The largest absolute Gasteiger partial charge is 0.322 e.